The number of fused-ring (bicyclic) bond motifs is 1. The molecule has 0 spiro atoms. The van der Waals surface area contributed by atoms with E-state index >= 15 is 0 Å². The van der Waals surface area contributed by atoms with Crippen LogP contribution in [0.5, 0.6) is 0 Å². The highest BCUT2D eigenvalue weighted by molar-refractivity contribution is 5.77. The van der Waals surface area contributed by atoms with Crippen molar-refractivity contribution in [1.82, 2.24) is 9.80 Å². The van der Waals surface area contributed by atoms with E-state index in [-0.39, 0.29) is 18.1 Å². The molecule has 0 saturated carbocycles. The van der Waals surface area contributed by atoms with E-state index in [9.17, 15) is 4.79 Å². The highest BCUT2D eigenvalue weighted by Crippen LogP contribution is 2.21. The predicted octanol–water partition coefficient (Wildman–Crippen LogP) is 1.50. The number of ether oxygens (including phenoxy) is 1. The standard InChI is InChI=1S/C14H26N2O2/c1-14(2,3)18-11-13(17)16-9-8-15-7-5-4-6-12(15)10-16/h12H,4-11H2,1-3H3. The number of piperidine rings is 1. The Hall–Kier alpha value is -0.610. The molecule has 0 bridgehead atoms. The Morgan fingerprint density at radius 2 is 2.00 bits per heavy atom. The normalized spacial score (nSPS) is 25.9. The summed E-state index contributed by atoms with van der Waals surface area (Å²) in [5.41, 5.74) is -0.234. The van der Waals surface area contributed by atoms with Crippen LogP contribution in [0.4, 0.5) is 0 Å². The van der Waals surface area contributed by atoms with E-state index in [0.29, 0.717) is 6.04 Å². The Kier molecular flexibility index (Phi) is 4.28. The van der Waals surface area contributed by atoms with Gasteiger partial charge >= 0.3 is 0 Å². The van der Waals surface area contributed by atoms with E-state index in [1.807, 2.05) is 25.7 Å². The second kappa shape index (κ2) is 5.57. The number of rotatable bonds is 2. The molecule has 1 unspecified atom stereocenters. The van der Waals surface area contributed by atoms with Crippen molar-refractivity contribution >= 4 is 5.91 Å². The lowest BCUT2D eigenvalue weighted by molar-refractivity contribution is -0.144. The highest BCUT2D eigenvalue weighted by atomic mass is 16.5. The van der Waals surface area contributed by atoms with E-state index in [1.165, 1.54) is 25.8 Å². The topological polar surface area (TPSA) is 32.8 Å². The minimum atomic E-state index is -0.234. The zero-order chi connectivity index (χ0) is 13.2. The minimum absolute atomic E-state index is 0.148. The average Bonchev–Trinajstić information content (AvgIpc) is 2.34. The molecule has 0 aliphatic carbocycles. The molecule has 2 aliphatic heterocycles. The van der Waals surface area contributed by atoms with Gasteiger partial charge in [0.2, 0.25) is 5.91 Å². The van der Waals surface area contributed by atoms with Crippen LogP contribution in [-0.4, -0.2) is 60.1 Å². The van der Waals surface area contributed by atoms with Crippen molar-refractivity contribution in [3.8, 4) is 0 Å². The average molecular weight is 254 g/mol. The first-order chi connectivity index (χ1) is 8.46. The molecule has 18 heavy (non-hydrogen) atoms. The summed E-state index contributed by atoms with van der Waals surface area (Å²) in [7, 11) is 0. The third kappa shape index (κ3) is 3.69. The van der Waals surface area contributed by atoms with Gasteiger partial charge in [-0.3, -0.25) is 9.69 Å². The van der Waals surface area contributed by atoms with Gasteiger partial charge in [-0.15, -0.1) is 0 Å². The maximum Gasteiger partial charge on any atom is 0.248 e. The molecule has 1 atom stereocenters. The van der Waals surface area contributed by atoms with Crippen LogP contribution in [0.15, 0.2) is 0 Å². The molecule has 4 nitrogen and oxygen atoms in total. The molecule has 1 amide bonds. The maximum atomic E-state index is 12.1. The van der Waals surface area contributed by atoms with E-state index in [0.717, 1.165) is 19.6 Å². The van der Waals surface area contributed by atoms with Gasteiger partial charge in [-0.25, -0.2) is 0 Å². The van der Waals surface area contributed by atoms with Crippen molar-refractivity contribution in [3.63, 3.8) is 0 Å². The predicted molar refractivity (Wildman–Crippen MR) is 71.5 cm³/mol. The SMILES string of the molecule is CC(C)(C)OCC(=O)N1CCN2CCCCC2C1. The summed E-state index contributed by atoms with van der Waals surface area (Å²) in [5, 5.41) is 0. The van der Waals surface area contributed by atoms with Crippen molar-refractivity contribution < 1.29 is 9.53 Å². The van der Waals surface area contributed by atoms with Crippen molar-refractivity contribution in [1.29, 1.82) is 0 Å². The van der Waals surface area contributed by atoms with Gasteiger partial charge in [0.25, 0.3) is 0 Å². The van der Waals surface area contributed by atoms with Crippen LogP contribution in [0.25, 0.3) is 0 Å². The van der Waals surface area contributed by atoms with Gasteiger partial charge in [0.05, 0.1) is 5.60 Å². The third-order valence-corrected chi connectivity index (χ3v) is 3.82. The number of nitrogens with zero attached hydrogens (tertiary/aromatic N) is 2. The van der Waals surface area contributed by atoms with Gasteiger partial charge in [0, 0.05) is 25.7 Å². The van der Waals surface area contributed by atoms with Crippen LogP contribution in [0.2, 0.25) is 0 Å². The van der Waals surface area contributed by atoms with Gasteiger partial charge in [-0.1, -0.05) is 6.42 Å². The fourth-order valence-corrected chi connectivity index (χ4v) is 2.75. The van der Waals surface area contributed by atoms with Gasteiger partial charge in [-0.05, 0) is 40.2 Å². The number of piperazine rings is 1. The first-order valence-electron chi connectivity index (χ1n) is 7.11. The number of carbonyl (C=O) groups excluding carboxylic acids is 1. The van der Waals surface area contributed by atoms with Crippen LogP contribution in [-0.2, 0) is 9.53 Å². The summed E-state index contributed by atoms with van der Waals surface area (Å²) in [6.07, 6.45) is 3.86. The lowest BCUT2D eigenvalue weighted by Crippen LogP contribution is -2.56. The Balaban J connectivity index is 1.81. The Labute approximate surface area is 110 Å². The summed E-state index contributed by atoms with van der Waals surface area (Å²) in [4.78, 5) is 16.6. The van der Waals surface area contributed by atoms with Crippen molar-refractivity contribution in [2.24, 2.45) is 0 Å². The third-order valence-electron chi connectivity index (χ3n) is 3.82. The smallest absolute Gasteiger partial charge is 0.248 e. The first-order valence-corrected chi connectivity index (χ1v) is 7.11. The number of hydrogen-bond acceptors (Lipinski definition) is 3. The molecule has 0 aromatic heterocycles. The van der Waals surface area contributed by atoms with Crippen LogP contribution in [0.3, 0.4) is 0 Å². The van der Waals surface area contributed by atoms with Crippen LogP contribution in [0, 0.1) is 0 Å². The fraction of sp³-hybridized carbons (Fsp3) is 0.929. The number of hydrogen-bond donors (Lipinski definition) is 0. The van der Waals surface area contributed by atoms with E-state index in [4.69, 9.17) is 4.74 Å². The van der Waals surface area contributed by atoms with E-state index in [1.54, 1.807) is 0 Å². The van der Waals surface area contributed by atoms with Crippen LogP contribution < -0.4 is 0 Å². The van der Waals surface area contributed by atoms with Gasteiger partial charge in [0.15, 0.2) is 0 Å². The Morgan fingerprint density at radius 3 is 2.72 bits per heavy atom. The zero-order valence-corrected chi connectivity index (χ0v) is 11.9. The van der Waals surface area contributed by atoms with Gasteiger partial charge in [0.1, 0.15) is 6.61 Å². The lowest BCUT2D eigenvalue weighted by Gasteiger charge is -2.44. The second-order valence-corrected chi connectivity index (χ2v) is 6.43. The summed E-state index contributed by atoms with van der Waals surface area (Å²) >= 11 is 0. The summed E-state index contributed by atoms with van der Waals surface area (Å²) in [6.45, 7) is 10.2. The Bertz CT molecular complexity index is 299. The molecular weight excluding hydrogens is 228 g/mol. The van der Waals surface area contributed by atoms with Gasteiger partial charge < -0.3 is 9.64 Å². The molecule has 2 aliphatic rings. The summed E-state index contributed by atoms with van der Waals surface area (Å²) in [6, 6.07) is 0.589. The highest BCUT2D eigenvalue weighted by Gasteiger charge is 2.31. The molecule has 4 heteroatoms. The molecule has 2 rings (SSSR count). The number of amides is 1. The fourth-order valence-electron chi connectivity index (χ4n) is 2.75. The lowest BCUT2D eigenvalue weighted by atomic mass is 9.99. The molecule has 0 N–H and O–H groups in total. The van der Waals surface area contributed by atoms with E-state index in [2.05, 4.69) is 4.90 Å². The number of carbonyl (C=O) groups is 1. The maximum absolute atomic E-state index is 12.1. The largest absolute Gasteiger partial charge is 0.366 e. The quantitative estimate of drug-likeness (QED) is 0.748. The summed E-state index contributed by atoms with van der Waals surface area (Å²) in [5.74, 6) is 0.148. The first kappa shape index (κ1) is 13.8. The molecule has 0 aromatic carbocycles. The van der Waals surface area contributed by atoms with Crippen molar-refractivity contribution in [2.45, 2.75) is 51.7 Å². The van der Waals surface area contributed by atoms with Gasteiger partial charge in [-0.2, -0.15) is 0 Å². The molecular formula is C14H26N2O2. The second-order valence-electron chi connectivity index (χ2n) is 6.43. The molecule has 0 aromatic rings. The van der Waals surface area contributed by atoms with Crippen molar-refractivity contribution in [3.05, 3.63) is 0 Å². The molecule has 2 fully saturated rings. The zero-order valence-electron chi connectivity index (χ0n) is 11.9. The molecule has 2 saturated heterocycles. The van der Waals surface area contributed by atoms with Crippen LogP contribution in [0.1, 0.15) is 40.0 Å². The van der Waals surface area contributed by atoms with Crippen molar-refractivity contribution in [2.75, 3.05) is 32.8 Å². The Morgan fingerprint density at radius 1 is 1.22 bits per heavy atom. The molecule has 2 heterocycles. The molecule has 0 radical (unpaired) electrons. The van der Waals surface area contributed by atoms with E-state index < -0.39 is 0 Å². The minimum Gasteiger partial charge on any atom is -0.366 e. The van der Waals surface area contributed by atoms with Crippen LogP contribution >= 0.6 is 0 Å². The monoisotopic (exact) mass is 254 g/mol. The summed E-state index contributed by atoms with van der Waals surface area (Å²) < 4.78 is 5.58. The molecule has 104 valence electrons.